The van der Waals surface area contributed by atoms with E-state index in [9.17, 15) is 9.59 Å². The molecule has 0 fully saturated rings. The van der Waals surface area contributed by atoms with Gasteiger partial charge in [-0.3, -0.25) is 14.5 Å². The summed E-state index contributed by atoms with van der Waals surface area (Å²) in [6, 6.07) is 7.84. The minimum Gasteiger partial charge on any atom is -0.369 e. The van der Waals surface area contributed by atoms with E-state index in [4.69, 9.17) is 11.5 Å². The predicted molar refractivity (Wildman–Crippen MR) is 64.8 cm³/mol. The number of benzene rings is 1. The number of nitrogens with zero attached hydrogens (tertiary/aromatic N) is 1. The average molecular weight is 235 g/mol. The number of nitrogens with two attached hydrogens (primary N) is 2. The SMILES string of the molecule is Cc1cccc(CN(CC(N)=O)CC(N)=O)c1. The van der Waals surface area contributed by atoms with E-state index in [0.29, 0.717) is 6.54 Å². The van der Waals surface area contributed by atoms with Gasteiger partial charge in [0.05, 0.1) is 13.1 Å². The van der Waals surface area contributed by atoms with Crippen LogP contribution >= 0.6 is 0 Å². The first-order chi connectivity index (χ1) is 7.97. The number of aryl methyl sites for hydroxylation is 1. The molecule has 2 amide bonds. The molecule has 0 spiro atoms. The molecule has 5 nitrogen and oxygen atoms in total. The molecule has 1 rings (SSSR count). The van der Waals surface area contributed by atoms with Crippen LogP contribution < -0.4 is 11.5 Å². The van der Waals surface area contributed by atoms with Gasteiger partial charge in [-0.2, -0.15) is 0 Å². The van der Waals surface area contributed by atoms with Gasteiger partial charge in [0.15, 0.2) is 0 Å². The number of primary amides is 2. The van der Waals surface area contributed by atoms with Crippen molar-refractivity contribution in [3.63, 3.8) is 0 Å². The monoisotopic (exact) mass is 235 g/mol. The molecule has 0 atom stereocenters. The van der Waals surface area contributed by atoms with Crippen molar-refractivity contribution in [3.05, 3.63) is 35.4 Å². The maximum atomic E-state index is 10.9. The quantitative estimate of drug-likeness (QED) is 0.713. The zero-order chi connectivity index (χ0) is 12.8. The summed E-state index contributed by atoms with van der Waals surface area (Å²) in [7, 11) is 0. The molecule has 5 heteroatoms. The Kier molecular flexibility index (Phi) is 4.66. The molecule has 0 heterocycles. The highest BCUT2D eigenvalue weighted by Crippen LogP contribution is 2.07. The first-order valence-corrected chi connectivity index (χ1v) is 5.32. The van der Waals surface area contributed by atoms with Crippen LogP contribution in [0.4, 0.5) is 0 Å². The second-order valence-corrected chi connectivity index (χ2v) is 4.07. The Morgan fingerprint density at radius 2 is 1.76 bits per heavy atom. The molecule has 1 aromatic carbocycles. The molecule has 0 saturated carbocycles. The van der Waals surface area contributed by atoms with Crippen LogP contribution in [-0.4, -0.2) is 29.8 Å². The highest BCUT2D eigenvalue weighted by molar-refractivity contribution is 5.79. The van der Waals surface area contributed by atoms with Crippen molar-refractivity contribution in [3.8, 4) is 0 Å². The van der Waals surface area contributed by atoms with Crippen molar-refractivity contribution in [2.45, 2.75) is 13.5 Å². The fourth-order valence-electron chi connectivity index (χ4n) is 1.68. The molecule has 0 aliphatic carbocycles. The van der Waals surface area contributed by atoms with Crippen LogP contribution in [0.5, 0.6) is 0 Å². The molecule has 4 N–H and O–H groups in total. The van der Waals surface area contributed by atoms with Crippen molar-refractivity contribution >= 4 is 11.8 Å². The minimum absolute atomic E-state index is 0.0247. The standard InChI is InChI=1S/C12H17N3O2/c1-9-3-2-4-10(5-9)6-15(7-11(13)16)8-12(14)17/h2-5H,6-8H2,1H3,(H2,13,16)(H2,14,17). The summed E-state index contributed by atoms with van der Waals surface area (Å²) in [5.74, 6) is -0.946. The van der Waals surface area contributed by atoms with E-state index < -0.39 is 11.8 Å². The van der Waals surface area contributed by atoms with Gasteiger partial charge in [-0.05, 0) is 12.5 Å². The van der Waals surface area contributed by atoms with Crippen LogP contribution in [0.15, 0.2) is 24.3 Å². The van der Waals surface area contributed by atoms with Gasteiger partial charge in [-0.25, -0.2) is 0 Å². The smallest absolute Gasteiger partial charge is 0.231 e. The topological polar surface area (TPSA) is 89.4 Å². The maximum absolute atomic E-state index is 10.9. The van der Waals surface area contributed by atoms with Gasteiger partial charge >= 0.3 is 0 Å². The third-order valence-electron chi connectivity index (χ3n) is 2.25. The normalized spacial score (nSPS) is 10.5. The molecule has 1 aromatic rings. The third kappa shape index (κ3) is 5.12. The van der Waals surface area contributed by atoms with Crippen molar-refractivity contribution in [2.75, 3.05) is 13.1 Å². The molecule has 92 valence electrons. The Morgan fingerprint density at radius 1 is 1.18 bits per heavy atom. The number of hydrogen-bond donors (Lipinski definition) is 2. The summed E-state index contributed by atoms with van der Waals surface area (Å²) in [4.78, 5) is 23.4. The summed E-state index contributed by atoms with van der Waals surface area (Å²) in [6.45, 7) is 2.51. The predicted octanol–water partition coefficient (Wildman–Crippen LogP) is -0.232. The Hall–Kier alpha value is -1.88. The summed E-state index contributed by atoms with van der Waals surface area (Å²) >= 11 is 0. The lowest BCUT2D eigenvalue weighted by molar-refractivity contribution is -0.122. The second-order valence-electron chi connectivity index (χ2n) is 4.07. The van der Waals surface area contributed by atoms with Gasteiger partial charge in [0.2, 0.25) is 11.8 Å². The summed E-state index contributed by atoms with van der Waals surface area (Å²) in [5, 5.41) is 0. The van der Waals surface area contributed by atoms with Gasteiger partial charge in [-0.15, -0.1) is 0 Å². The van der Waals surface area contributed by atoms with Crippen molar-refractivity contribution in [1.82, 2.24) is 4.90 Å². The fraction of sp³-hybridized carbons (Fsp3) is 0.333. The Balaban J connectivity index is 2.71. The van der Waals surface area contributed by atoms with E-state index in [1.165, 1.54) is 0 Å². The van der Waals surface area contributed by atoms with E-state index in [1.54, 1.807) is 4.90 Å². The number of hydrogen-bond acceptors (Lipinski definition) is 3. The Labute approximate surface area is 100 Å². The van der Waals surface area contributed by atoms with Crippen molar-refractivity contribution in [1.29, 1.82) is 0 Å². The van der Waals surface area contributed by atoms with Crippen LogP contribution in [0.25, 0.3) is 0 Å². The number of carbonyl (C=O) groups excluding carboxylic acids is 2. The molecular formula is C12H17N3O2. The van der Waals surface area contributed by atoms with Gasteiger partial charge in [0, 0.05) is 6.54 Å². The van der Waals surface area contributed by atoms with Gasteiger partial charge in [0.25, 0.3) is 0 Å². The molecule has 0 aliphatic heterocycles. The van der Waals surface area contributed by atoms with E-state index >= 15 is 0 Å². The lowest BCUT2D eigenvalue weighted by Gasteiger charge is -2.19. The van der Waals surface area contributed by atoms with Crippen molar-refractivity contribution < 1.29 is 9.59 Å². The maximum Gasteiger partial charge on any atom is 0.231 e. The van der Waals surface area contributed by atoms with E-state index in [-0.39, 0.29) is 13.1 Å². The zero-order valence-corrected chi connectivity index (χ0v) is 9.85. The van der Waals surface area contributed by atoms with Crippen LogP contribution in [0, 0.1) is 6.92 Å². The number of carbonyl (C=O) groups is 2. The number of amides is 2. The van der Waals surface area contributed by atoms with Gasteiger partial charge in [-0.1, -0.05) is 29.8 Å². The lowest BCUT2D eigenvalue weighted by atomic mass is 10.1. The van der Waals surface area contributed by atoms with Crippen LogP contribution in [0.1, 0.15) is 11.1 Å². The molecule has 0 saturated heterocycles. The zero-order valence-electron chi connectivity index (χ0n) is 9.85. The molecule has 0 radical (unpaired) electrons. The van der Waals surface area contributed by atoms with Gasteiger partial charge < -0.3 is 11.5 Å². The first-order valence-electron chi connectivity index (χ1n) is 5.32. The van der Waals surface area contributed by atoms with Crippen molar-refractivity contribution in [2.24, 2.45) is 11.5 Å². The highest BCUT2D eigenvalue weighted by atomic mass is 16.2. The Bertz CT molecular complexity index is 402. The minimum atomic E-state index is -0.473. The highest BCUT2D eigenvalue weighted by Gasteiger charge is 2.11. The summed E-state index contributed by atoms with van der Waals surface area (Å²) < 4.78 is 0. The van der Waals surface area contributed by atoms with Crippen LogP contribution in [-0.2, 0) is 16.1 Å². The first kappa shape index (κ1) is 13.2. The lowest BCUT2D eigenvalue weighted by Crippen LogP contribution is -2.39. The molecule has 0 bridgehead atoms. The van der Waals surface area contributed by atoms with Crippen LogP contribution in [0.2, 0.25) is 0 Å². The molecule has 0 unspecified atom stereocenters. The van der Waals surface area contributed by atoms with E-state index in [0.717, 1.165) is 11.1 Å². The van der Waals surface area contributed by atoms with Crippen LogP contribution in [0.3, 0.4) is 0 Å². The number of rotatable bonds is 6. The molecular weight excluding hydrogens is 218 g/mol. The fourth-order valence-corrected chi connectivity index (χ4v) is 1.68. The summed E-state index contributed by atoms with van der Waals surface area (Å²) in [6.07, 6.45) is 0. The molecule has 0 aromatic heterocycles. The average Bonchev–Trinajstić information content (AvgIpc) is 2.14. The largest absolute Gasteiger partial charge is 0.369 e. The summed E-state index contributed by atoms with van der Waals surface area (Å²) in [5.41, 5.74) is 12.4. The molecule has 0 aliphatic rings. The van der Waals surface area contributed by atoms with E-state index in [1.807, 2.05) is 31.2 Å². The Morgan fingerprint density at radius 3 is 2.24 bits per heavy atom. The molecule has 17 heavy (non-hydrogen) atoms. The van der Waals surface area contributed by atoms with Gasteiger partial charge in [0.1, 0.15) is 0 Å². The van der Waals surface area contributed by atoms with E-state index in [2.05, 4.69) is 0 Å². The third-order valence-corrected chi connectivity index (χ3v) is 2.25. The second kappa shape index (κ2) is 6.00.